The van der Waals surface area contributed by atoms with Crippen LogP contribution in [0.25, 0.3) is 0 Å². The summed E-state index contributed by atoms with van der Waals surface area (Å²) < 4.78 is 12.4. The standard InChI is InChI=1S/C15H11Br2NO3/c16-10-2-1-8(5-12(10)18)15(19)9-6-13-14(7-11(9)17)21-4-3-20-13/h1-2,5-7H,3-4,18H2. The van der Waals surface area contributed by atoms with E-state index in [-0.39, 0.29) is 5.78 Å². The van der Waals surface area contributed by atoms with E-state index in [4.69, 9.17) is 15.2 Å². The van der Waals surface area contributed by atoms with Gasteiger partial charge in [0.25, 0.3) is 0 Å². The van der Waals surface area contributed by atoms with Crippen LogP contribution in [0.1, 0.15) is 15.9 Å². The van der Waals surface area contributed by atoms with Crippen molar-refractivity contribution >= 4 is 43.3 Å². The van der Waals surface area contributed by atoms with Crippen molar-refractivity contribution in [1.82, 2.24) is 0 Å². The van der Waals surface area contributed by atoms with Gasteiger partial charge in [0.1, 0.15) is 13.2 Å². The van der Waals surface area contributed by atoms with Gasteiger partial charge in [0.2, 0.25) is 0 Å². The molecular formula is C15H11Br2NO3. The van der Waals surface area contributed by atoms with E-state index in [1.165, 1.54) is 0 Å². The van der Waals surface area contributed by atoms with Crippen LogP contribution in [0.3, 0.4) is 0 Å². The summed E-state index contributed by atoms with van der Waals surface area (Å²) in [4.78, 5) is 12.6. The molecule has 2 aromatic rings. The van der Waals surface area contributed by atoms with Crippen LogP contribution in [0, 0.1) is 0 Å². The fourth-order valence-corrected chi connectivity index (χ4v) is 2.83. The van der Waals surface area contributed by atoms with E-state index in [0.29, 0.717) is 46.0 Å². The van der Waals surface area contributed by atoms with Crippen molar-refractivity contribution in [3.63, 3.8) is 0 Å². The number of hydrogen-bond donors (Lipinski definition) is 1. The molecule has 0 unspecified atom stereocenters. The highest BCUT2D eigenvalue weighted by Gasteiger charge is 2.20. The van der Waals surface area contributed by atoms with Crippen LogP contribution in [-0.2, 0) is 0 Å². The molecule has 0 saturated carbocycles. The molecule has 1 heterocycles. The second kappa shape index (κ2) is 5.69. The van der Waals surface area contributed by atoms with Crippen molar-refractivity contribution in [3.05, 3.63) is 50.4 Å². The number of hydrogen-bond acceptors (Lipinski definition) is 4. The minimum absolute atomic E-state index is 0.127. The summed E-state index contributed by atoms with van der Waals surface area (Å²) in [6, 6.07) is 8.58. The Hall–Kier alpha value is -1.53. The molecule has 0 amide bonds. The molecule has 1 aliphatic rings. The molecule has 0 atom stereocenters. The van der Waals surface area contributed by atoms with Crippen molar-refractivity contribution in [2.75, 3.05) is 18.9 Å². The van der Waals surface area contributed by atoms with Gasteiger partial charge in [0.05, 0.1) is 0 Å². The van der Waals surface area contributed by atoms with Gasteiger partial charge in [-0.3, -0.25) is 4.79 Å². The third-order valence-electron chi connectivity index (χ3n) is 3.13. The molecule has 2 N–H and O–H groups in total. The molecule has 4 nitrogen and oxygen atoms in total. The first kappa shape index (κ1) is 14.4. The van der Waals surface area contributed by atoms with Gasteiger partial charge in [0, 0.05) is 25.8 Å². The van der Waals surface area contributed by atoms with Crippen molar-refractivity contribution in [3.8, 4) is 11.5 Å². The summed E-state index contributed by atoms with van der Waals surface area (Å²) >= 11 is 6.73. The van der Waals surface area contributed by atoms with Crippen LogP contribution in [0.15, 0.2) is 39.3 Å². The Kier molecular flexibility index (Phi) is 3.91. The van der Waals surface area contributed by atoms with Gasteiger partial charge < -0.3 is 15.2 Å². The Morgan fingerprint density at radius 3 is 2.33 bits per heavy atom. The first-order chi connectivity index (χ1) is 10.1. The van der Waals surface area contributed by atoms with Crippen LogP contribution in [0.5, 0.6) is 11.5 Å². The minimum Gasteiger partial charge on any atom is -0.486 e. The molecule has 0 radical (unpaired) electrons. The number of fused-ring (bicyclic) bond motifs is 1. The molecular weight excluding hydrogens is 402 g/mol. The van der Waals surface area contributed by atoms with Crippen molar-refractivity contribution in [2.24, 2.45) is 0 Å². The largest absolute Gasteiger partial charge is 0.486 e. The molecule has 21 heavy (non-hydrogen) atoms. The summed E-state index contributed by atoms with van der Waals surface area (Å²) in [6.45, 7) is 0.990. The number of anilines is 1. The van der Waals surface area contributed by atoms with Gasteiger partial charge >= 0.3 is 0 Å². The summed E-state index contributed by atoms with van der Waals surface area (Å²) in [5.41, 5.74) is 7.39. The third-order valence-corrected chi connectivity index (χ3v) is 4.51. The Bertz CT molecular complexity index is 731. The van der Waals surface area contributed by atoms with Gasteiger partial charge in [-0.15, -0.1) is 0 Å². The number of benzene rings is 2. The zero-order valence-electron chi connectivity index (χ0n) is 10.9. The Morgan fingerprint density at radius 1 is 1.00 bits per heavy atom. The highest BCUT2D eigenvalue weighted by atomic mass is 79.9. The zero-order valence-corrected chi connectivity index (χ0v) is 14.0. The lowest BCUT2D eigenvalue weighted by Crippen LogP contribution is -2.16. The monoisotopic (exact) mass is 411 g/mol. The highest BCUT2D eigenvalue weighted by Crippen LogP contribution is 2.36. The van der Waals surface area contributed by atoms with E-state index >= 15 is 0 Å². The fourth-order valence-electron chi connectivity index (χ4n) is 2.08. The van der Waals surface area contributed by atoms with E-state index in [1.54, 1.807) is 30.3 Å². The number of carbonyl (C=O) groups is 1. The van der Waals surface area contributed by atoms with E-state index < -0.39 is 0 Å². The predicted molar refractivity (Wildman–Crippen MR) is 87.1 cm³/mol. The second-order valence-electron chi connectivity index (χ2n) is 4.54. The third kappa shape index (κ3) is 2.78. The number of ketones is 1. The molecule has 2 aromatic carbocycles. The normalized spacial score (nSPS) is 13.0. The lowest BCUT2D eigenvalue weighted by atomic mass is 10.0. The molecule has 0 aromatic heterocycles. The minimum atomic E-state index is -0.127. The van der Waals surface area contributed by atoms with E-state index in [2.05, 4.69) is 31.9 Å². The van der Waals surface area contributed by atoms with Crippen LogP contribution in [0.4, 0.5) is 5.69 Å². The molecule has 1 aliphatic heterocycles. The van der Waals surface area contributed by atoms with Gasteiger partial charge in [-0.2, -0.15) is 0 Å². The average Bonchev–Trinajstić information content (AvgIpc) is 2.48. The maximum atomic E-state index is 12.6. The lowest BCUT2D eigenvalue weighted by molar-refractivity contribution is 0.103. The molecule has 0 aliphatic carbocycles. The SMILES string of the molecule is Nc1cc(C(=O)c2cc3c(cc2Br)OCCO3)ccc1Br. The maximum absolute atomic E-state index is 12.6. The maximum Gasteiger partial charge on any atom is 0.194 e. The Balaban J connectivity index is 2.03. The summed E-state index contributed by atoms with van der Waals surface area (Å²) in [7, 11) is 0. The molecule has 6 heteroatoms. The molecule has 0 saturated heterocycles. The van der Waals surface area contributed by atoms with Crippen molar-refractivity contribution in [1.29, 1.82) is 0 Å². The second-order valence-corrected chi connectivity index (χ2v) is 6.25. The first-order valence-electron chi connectivity index (χ1n) is 6.25. The molecule has 3 rings (SSSR count). The summed E-state index contributed by atoms with van der Waals surface area (Å²) in [5.74, 6) is 1.09. The van der Waals surface area contributed by atoms with Crippen LogP contribution in [-0.4, -0.2) is 19.0 Å². The number of nitrogens with two attached hydrogens (primary N) is 1. The quantitative estimate of drug-likeness (QED) is 0.602. The zero-order chi connectivity index (χ0) is 15.0. The average molecular weight is 413 g/mol. The number of carbonyl (C=O) groups excluding carboxylic acids is 1. The number of ether oxygens (including phenoxy) is 2. The summed E-state index contributed by atoms with van der Waals surface area (Å²) in [5, 5.41) is 0. The van der Waals surface area contributed by atoms with Gasteiger partial charge in [-0.25, -0.2) is 0 Å². The molecule has 0 bridgehead atoms. The fraction of sp³-hybridized carbons (Fsp3) is 0.133. The van der Waals surface area contributed by atoms with E-state index in [0.717, 1.165) is 4.47 Å². The van der Waals surface area contributed by atoms with Crippen LogP contribution in [0.2, 0.25) is 0 Å². The Morgan fingerprint density at radius 2 is 1.67 bits per heavy atom. The van der Waals surface area contributed by atoms with Gasteiger partial charge in [-0.1, -0.05) is 0 Å². The smallest absolute Gasteiger partial charge is 0.194 e. The summed E-state index contributed by atoms with van der Waals surface area (Å²) in [6.07, 6.45) is 0. The van der Waals surface area contributed by atoms with Crippen LogP contribution < -0.4 is 15.2 Å². The topological polar surface area (TPSA) is 61.6 Å². The lowest BCUT2D eigenvalue weighted by Gasteiger charge is -2.19. The Labute approximate surface area is 138 Å². The van der Waals surface area contributed by atoms with Gasteiger partial charge in [0.15, 0.2) is 17.3 Å². The molecule has 0 spiro atoms. The highest BCUT2D eigenvalue weighted by molar-refractivity contribution is 9.11. The van der Waals surface area contributed by atoms with Crippen LogP contribution >= 0.6 is 31.9 Å². The first-order valence-corrected chi connectivity index (χ1v) is 7.84. The van der Waals surface area contributed by atoms with E-state index in [9.17, 15) is 4.79 Å². The number of rotatable bonds is 2. The van der Waals surface area contributed by atoms with Crippen molar-refractivity contribution in [2.45, 2.75) is 0 Å². The molecule has 0 fully saturated rings. The number of nitrogen functional groups attached to an aromatic ring is 1. The number of halogens is 2. The van der Waals surface area contributed by atoms with E-state index in [1.807, 2.05) is 0 Å². The molecule has 108 valence electrons. The van der Waals surface area contributed by atoms with Crippen molar-refractivity contribution < 1.29 is 14.3 Å². The van der Waals surface area contributed by atoms with Gasteiger partial charge in [-0.05, 0) is 62.2 Å². The predicted octanol–water partition coefficient (Wildman–Crippen LogP) is 3.80.